The molecule has 0 fully saturated rings. The molecule has 0 saturated heterocycles. The predicted molar refractivity (Wildman–Crippen MR) is 87.3 cm³/mol. The quantitative estimate of drug-likeness (QED) is 0.805. The molecular weight excluding hydrogens is 338 g/mol. The number of ether oxygens (including phenoxy) is 1. The SMILES string of the molecule is CCNCc1ccc(OCc2ccc(Br)cc2)c(Cl)c1. The summed E-state index contributed by atoms with van der Waals surface area (Å²) in [6.07, 6.45) is 0. The van der Waals surface area contributed by atoms with Gasteiger partial charge in [0.2, 0.25) is 0 Å². The molecule has 2 aromatic rings. The predicted octanol–water partition coefficient (Wildman–Crippen LogP) is 4.79. The van der Waals surface area contributed by atoms with Gasteiger partial charge < -0.3 is 10.1 Å². The van der Waals surface area contributed by atoms with E-state index in [2.05, 4.69) is 28.2 Å². The highest BCUT2D eigenvalue weighted by Gasteiger charge is 2.03. The van der Waals surface area contributed by atoms with Crippen LogP contribution in [0.1, 0.15) is 18.1 Å². The van der Waals surface area contributed by atoms with Crippen LogP contribution in [0, 0.1) is 0 Å². The summed E-state index contributed by atoms with van der Waals surface area (Å²) >= 11 is 9.65. The Hall–Kier alpha value is -1.03. The fourth-order valence-corrected chi connectivity index (χ4v) is 2.30. The number of nitrogens with one attached hydrogen (secondary N) is 1. The maximum absolute atomic E-state index is 6.24. The molecule has 0 radical (unpaired) electrons. The van der Waals surface area contributed by atoms with Crippen molar-refractivity contribution in [1.82, 2.24) is 5.32 Å². The molecule has 0 heterocycles. The van der Waals surface area contributed by atoms with Gasteiger partial charge in [-0.05, 0) is 41.9 Å². The van der Waals surface area contributed by atoms with Crippen LogP contribution in [-0.2, 0) is 13.2 Å². The molecule has 0 aliphatic carbocycles. The summed E-state index contributed by atoms with van der Waals surface area (Å²) in [4.78, 5) is 0. The van der Waals surface area contributed by atoms with E-state index in [9.17, 15) is 0 Å². The van der Waals surface area contributed by atoms with E-state index in [0.717, 1.165) is 34.4 Å². The average molecular weight is 355 g/mol. The van der Waals surface area contributed by atoms with Gasteiger partial charge in [-0.15, -0.1) is 0 Å². The zero-order valence-electron chi connectivity index (χ0n) is 11.3. The molecule has 1 N–H and O–H groups in total. The Morgan fingerprint density at radius 3 is 2.45 bits per heavy atom. The maximum atomic E-state index is 6.24. The molecule has 0 aliphatic heterocycles. The molecule has 0 atom stereocenters. The van der Waals surface area contributed by atoms with Gasteiger partial charge in [0.05, 0.1) is 5.02 Å². The zero-order chi connectivity index (χ0) is 14.4. The van der Waals surface area contributed by atoms with Crippen LogP contribution < -0.4 is 10.1 Å². The van der Waals surface area contributed by atoms with E-state index in [-0.39, 0.29) is 0 Å². The molecule has 0 bridgehead atoms. The lowest BCUT2D eigenvalue weighted by Gasteiger charge is -2.10. The molecule has 0 aliphatic rings. The summed E-state index contributed by atoms with van der Waals surface area (Å²) < 4.78 is 6.82. The van der Waals surface area contributed by atoms with Crippen LogP contribution in [0.4, 0.5) is 0 Å². The summed E-state index contributed by atoms with van der Waals surface area (Å²) in [5, 5.41) is 3.92. The van der Waals surface area contributed by atoms with E-state index in [1.54, 1.807) is 0 Å². The van der Waals surface area contributed by atoms with Crippen LogP contribution in [-0.4, -0.2) is 6.54 Å². The molecule has 2 aromatic carbocycles. The van der Waals surface area contributed by atoms with Gasteiger partial charge >= 0.3 is 0 Å². The normalized spacial score (nSPS) is 10.6. The first-order chi connectivity index (χ1) is 9.69. The lowest BCUT2D eigenvalue weighted by atomic mass is 10.2. The largest absolute Gasteiger partial charge is 0.487 e. The zero-order valence-corrected chi connectivity index (χ0v) is 13.7. The van der Waals surface area contributed by atoms with Crippen molar-refractivity contribution in [2.75, 3.05) is 6.54 Å². The Labute approximate surface area is 133 Å². The van der Waals surface area contributed by atoms with Crippen molar-refractivity contribution in [1.29, 1.82) is 0 Å². The summed E-state index contributed by atoms with van der Waals surface area (Å²) in [6.45, 7) is 4.36. The van der Waals surface area contributed by atoms with E-state index in [1.807, 2.05) is 42.5 Å². The van der Waals surface area contributed by atoms with E-state index >= 15 is 0 Å². The highest BCUT2D eigenvalue weighted by atomic mass is 79.9. The molecule has 2 nitrogen and oxygen atoms in total. The molecule has 0 aromatic heterocycles. The Bertz CT molecular complexity index is 557. The monoisotopic (exact) mass is 353 g/mol. The Kier molecular flexibility index (Phi) is 5.89. The first-order valence-electron chi connectivity index (χ1n) is 6.55. The lowest BCUT2D eigenvalue weighted by molar-refractivity contribution is 0.306. The van der Waals surface area contributed by atoms with Gasteiger partial charge in [-0.3, -0.25) is 0 Å². The molecule has 0 saturated carbocycles. The van der Waals surface area contributed by atoms with Crippen LogP contribution in [0.3, 0.4) is 0 Å². The molecule has 2 rings (SSSR count). The van der Waals surface area contributed by atoms with Gasteiger partial charge in [-0.1, -0.05) is 52.7 Å². The van der Waals surface area contributed by atoms with Gasteiger partial charge in [0.15, 0.2) is 0 Å². The van der Waals surface area contributed by atoms with Crippen LogP contribution in [0.5, 0.6) is 5.75 Å². The molecule has 4 heteroatoms. The minimum atomic E-state index is 0.513. The molecule has 106 valence electrons. The van der Waals surface area contributed by atoms with Gasteiger partial charge in [-0.25, -0.2) is 0 Å². The third-order valence-corrected chi connectivity index (χ3v) is 3.71. The van der Waals surface area contributed by atoms with Gasteiger partial charge in [0.25, 0.3) is 0 Å². The van der Waals surface area contributed by atoms with Crippen LogP contribution >= 0.6 is 27.5 Å². The third kappa shape index (κ3) is 4.51. The molecule has 20 heavy (non-hydrogen) atoms. The fourth-order valence-electron chi connectivity index (χ4n) is 1.78. The first kappa shape index (κ1) is 15.4. The van der Waals surface area contributed by atoms with Crippen molar-refractivity contribution < 1.29 is 4.74 Å². The Morgan fingerprint density at radius 1 is 1.10 bits per heavy atom. The fraction of sp³-hybridized carbons (Fsp3) is 0.250. The minimum absolute atomic E-state index is 0.513. The van der Waals surface area contributed by atoms with Crippen molar-refractivity contribution in [2.24, 2.45) is 0 Å². The summed E-state index contributed by atoms with van der Waals surface area (Å²) in [6, 6.07) is 14.0. The van der Waals surface area contributed by atoms with E-state index in [0.29, 0.717) is 11.6 Å². The van der Waals surface area contributed by atoms with Gasteiger partial charge in [-0.2, -0.15) is 0 Å². The van der Waals surface area contributed by atoms with Gasteiger partial charge in [0, 0.05) is 11.0 Å². The molecule has 0 amide bonds. The first-order valence-corrected chi connectivity index (χ1v) is 7.72. The topological polar surface area (TPSA) is 21.3 Å². The minimum Gasteiger partial charge on any atom is -0.487 e. The highest BCUT2D eigenvalue weighted by molar-refractivity contribution is 9.10. The Morgan fingerprint density at radius 2 is 1.80 bits per heavy atom. The summed E-state index contributed by atoms with van der Waals surface area (Å²) in [7, 11) is 0. The highest BCUT2D eigenvalue weighted by Crippen LogP contribution is 2.26. The van der Waals surface area contributed by atoms with Crippen molar-refractivity contribution in [2.45, 2.75) is 20.1 Å². The summed E-state index contributed by atoms with van der Waals surface area (Å²) in [5.41, 5.74) is 2.27. The van der Waals surface area contributed by atoms with Crippen LogP contribution in [0.25, 0.3) is 0 Å². The average Bonchev–Trinajstić information content (AvgIpc) is 2.46. The number of rotatable bonds is 6. The van der Waals surface area contributed by atoms with Crippen molar-refractivity contribution in [3.8, 4) is 5.75 Å². The number of halogens is 2. The van der Waals surface area contributed by atoms with Crippen molar-refractivity contribution in [3.05, 3.63) is 63.1 Å². The smallest absolute Gasteiger partial charge is 0.138 e. The number of hydrogen-bond acceptors (Lipinski definition) is 2. The molecular formula is C16H17BrClNO. The lowest BCUT2D eigenvalue weighted by Crippen LogP contribution is -2.11. The second kappa shape index (κ2) is 7.67. The van der Waals surface area contributed by atoms with Crippen LogP contribution in [0.2, 0.25) is 5.02 Å². The number of hydrogen-bond donors (Lipinski definition) is 1. The second-order valence-corrected chi connectivity index (χ2v) is 5.78. The van der Waals surface area contributed by atoms with E-state index in [4.69, 9.17) is 16.3 Å². The van der Waals surface area contributed by atoms with Crippen molar-refractivity contribution in [3.63, 3.8) is 0 Å². The standard InChI is InChI=1S/C16H17BrClNO/c1-2-19-10-13-5-8-16(15(18)9-13)20-11-12-3-6-14(17)7-4-12/h3-9,19H,2,10-11H2,1H3. The van der Waals surface area contributed by atoms with E-state index in [1.165, 1.54) is 0 Å². The Balaban J connectivity index is 1.97. The summed E-state index contributed by atoms with van der Waals surface area (Å²) in [5.74, 6) is 0.717. The van der Waals surface area contributed by atoms with Gasteiger partial charge in [0.1, 0.15) is 12.4 Å². The van der Waals surface area contributed by atoms with E-state index < -0.39 is 0 Å². The molecule has 0 unspecified atom stereocenters. The number of benzene rings is 2. The van der Waals surface area contributed by atoms with Crippen LogP contribution in [0.15, 0.2) is 46.9 Å². The second-order valence-electron chi connectivity index (χ2n) is 4.46. The molecule has 0 spiro atoms. The van der Waals surface area contributed by atoms with Crippen molar-refractivity contribution >= 4 is 27.5 Å². The third-order valence-electron chi connectivity index (χ3n) is 2.88. The maximum Gasteiger partial charge on any atom is 0.138 e.